The molecule has 0 spiro atoms. The molecule has 0 saturated carbocycles. The van der Waals surface area contributed by atoms with E-state index < -0.39 is 5.82 Å². The van der Waals surface area contributed by atoms with Gasteiger partial charge in [0.2, 0.25) is 0 Å². The van der Waals surface area contributed by atoms with Gasteiger partial charge in [0.05, 0.1) is 0 Å². The summed E-state index contributed by atoms with van der Waals surface area (Å²) in [7, 11) is 4.06. The Morgan fingerprint density at radius 1 is 1.28 bits per heavy atom. The molecule has 1 aliphatic heterocycles. The fourth-order valence-corrected chi connectivity index (χ4v) is 3.22. The van der Waals surface area contributed by atoms with Crippen LogP contribution >= 0.6 is 0 Å². The number of likely N-dealkylation sites (N-methyl/N-ethyl adjacent to an activating group) is 1. The smallest absolute Gasteiger partial charge is 0.289 e. The quantitative estimate of drug-likeness (QED) is 0.835. The fourth-order valence-electron chi connectivity index (χ4n) is 3.22. The maximum absolute atomic E-state index is 13.5. The second kappa shape index (κ2) is 7.27. The number of halogens is 1. The number of carbonyl (C=O) groups excluding carboxylic acids is 1. The van der Waals surface area contributed by atoms with Gasteiger partial charge >= 0.3 is 0 Å². The number of carbonyl (C=O) groups is 1. The molecule has 0 bridgehead atoms. The minimum Gasteiger partial charge on any atom is -0.483 e. The van der Waals surface area contributed by atoms with Gasteiger partial charge in [-0.3, -0.25) is 4.79 Å². The first-order valence-corrected chi connectivity index (χ1v) is 8.37. The summed E-state index contributed by atoms with van der Waals surface area (Å²) in [5, 5.41) is 0. The molecule has 1 aromatic carbocycles. The normalized spacial score (nSPS) is 20.3. The summed E-state index contributed by atoms with van der Waals surface area (Å²) in [6.07, 6.45) is 0. The summed E-state index contributed by atoms with van der Waals surface area (Å²) in [4.78, 5) is 16.6. The Morgan fingerprint density at radius 2 is 2.04 bits per heavy atom. The van der Waals surface area contributed by atoms with Gasteiger partial charge in [0.15, 0.2) is 17.3 Å². The molecule has 25 heavy (non-hydrogen) atoms. The largest absolute Gasteiger partial charge is 0.483 e. The van der Waals surface area contributed by atoms with Crippen LogP contribution in [0.3, 0.4) is 0 Å². The molecule has 0 radical (unpaired) electrons. The number of hydrogen-bond donors (Lipinski definition) is 0. The van der Waals surface area contributed by atoms with Gasteiger partial charge in [0.25, 0.3) is 5.91 Å². The van der Waals surface area contributed by atoms with Crippen LogP contribution in [0, 0.1) is 11.7 Å². The Hall–Kier alpha value is -2.34. The van der Waals surface area contributed by atoms with E-state index in [0.717, 1.165) is 0 Å². The predicted octanol–water partition coefficient (Wildman–Crippen LogP) is 3.02. The second-order valence-electron chi connectivity index (χ2n) is 6.70. The fraction of sp³-hybridized carbons (Fsp3) is 0.421. The van der Waals surface area contributed by atoms with E-state index in [9.17, 15) is 9.18 Å². The zero-order chi connectivity index (χ0) is 18.0. The average molecular weight is 346 g/mol. The predicted molar refractivity (Wildman–Crippen MR) is 92.0 cm³/mol. The van der Waals surface area contributed by atoms with Crippen molar-refractivity contribution in [1.82, 2.24) is 9.80 Å². The van der Waals surface area contributed by atoms with Gasteiger partial charge in [0, 0.05) is 19.1 Å². The lowest BCUT2D eigenvalue weighted by Gasteiger charge is -2.22. The van der Waals surface area contributed by atoms with E-state index in [0.29, 0.717) is 36.6 Å². The van der Waals surface area contributed by atoms with Crippen molar-refractivity contribution in [2.45, 2.75) is 19.6 Å². The third-order valence-electron chi connectivity index (χ3n) is 4.60. The van der Waals surface area contributed by atoms with Crippen molar-refractivity contribution in [1.29, 1.82) is 0 Å². The molecular formula is C19H23FN2O3. The molecule has 0 aliphatic carbocycles. The molecule has 1 aliphatic rings. The number of rotatable bonds is 5. The molecule has 1 saturated heterocycles. The number of ether oxygens (including phenoxy) is 1. The molecule has 134 valence electrons. The monoisotopic (exact) mass is 346 g/mol. The summed E-state index contributed by atoms with van der Waals surface area (Å²) >= 11 is 0. The van der Waals surface area contributed by atoms with Crippen molar-refractivity contribution in [2.24, 2.45) is 5.92 Å². The van der Waals surface area contributed by atoms with Crippen molar-refractivity contribution in [3.63, 3.8) is 0 Å². The summed E-state index contributed by atoms with van der Waals surface area (Å²) < 4.78 is 24.6. The lowest BCUT2D eigenvalue weighted by atomic mass is 10.1. The highest BCUT2D eigenvalue weighted by Crippen LogP contribution is 2.23. The SMILES string of the molecule is CC1CN(C(=O)c2ccc(COc3ccccc3F)o2)CC1N(C)C. The van der Waals surface area contributed by atoms with Crippen molar-refractivity contribution >= 4 is 5.91 Å². The summed E-state index contributed by atoms with van der Waals surface area (Å²) in [6.45, 7) is 3.62. The van der Waals surface area contributed by atoms with Gasteiger partial charge in [-0.2, -0.15) is 0 Å². The Kier molecular flexibility index (Phi) is 5.08. The molecule has 0 N–H and O–H groups in total. The number of para-hydroxylation sites is 1. The van der Waals surface area contributed by atoms with E-state index >= 15 is 0 Å². The molecule has 1 aromatic heterocycles. The first-order valence-electron chi connectivity index (χ1n) is 8.37. The van der Waals surface area contributed by atoms with Gasteiger partial charge < -0.3 is 19.0 Å². The van der Waals surface area contributed by atoms with E-state index in [-0.39, 0.29) is 18.3 Å². The zero-order valence-corrected chi connectivity index (χ0v) is 14.7. The van der Waals surface area contributed by atoms with Crippen molar-refractivity contribution in [3.05, 3.63) is 53.7 Å². The van der Waals surface area contributed by atoms with Crippen LogP contribution in [0.5, 0.6) is 5.75 Å². The van der Waals surface area contributed by atoms with Gasteiger partial charge in [-0.05, 0) is 44.3 Å². The topological polar surface area (TPSA) is 45.9 Å². The first kappa shape index (κ1) is 17.5. The average Bonchev–Trinajstić information content (AvgIpc) is 3.20. The standard InChI is InChI=1S/C19H23FN2O3/c1-13-10-22(11-16(13)21(2)3)19(23)18-9-8-14(25-18)12-24-17-7-5-4-6-15(17)20/h4-9,13,16H,10-12H2,1-3H3. The molecule has 2 heterocycles. The van der Waals surface area contributed by atoms with E-state index in [1.54, 1.807) is 30.3 Å². The van der Waals surface area contributed by atoms with E-state index in [4.69, 9.17) is 9.15 Å². The number of likely N-dealkylation sites (tertiary alicyclic amines) is 1. The Labute approximate surface area is 147 Å². The molecular weight excluding hydrogens is 323 g/mol. The van der Waals surface area contributed by atoms with Crippen molar-refractivity contribution in [3.8, 4) is 5.75 Å². The molecule has 2 atom stereocenters. The van der Waals surface area contributed by atoms with Gasteiger partial charge in [-0.15, -0.1) is 0 Å². The van der Waals surface area contributed by atoms with Crippen LogP contribution in [0.25, 0.3) is 0 Å². The molecule has 2 unspecified atom stereocenters. The number of nitrogens with zero attached hydrogens (tertiary/aromatic N) is 2. The molecule has 3 rings (SSSR count). The first-order chi connectivity index (χ1) is 12.0. The molecule has 5 nitrogen and oxygen atoms in total. The molecule has 1 fully saturated rings. The third-order valence-corrected chi connectivity index (χ3v) is 4.60. The van der Waals surface area contributed by atoms with E-state index in [1.807, 2.05) is 19.0 Å². The van der Waals surface area contributed by atoms with Crippen LogP contribution in [-0.4, -0.2) is 48.9 Å². The Bertz CT molecular complexity index is 744. The van der Waals surface area contributed by atoms with Gasteiger partial charge in [0.1, 0.15) is 12.4 Å². The number of furan rings is 1. The van der Waals surface area contributed by atoms with Crippen LogP contribution in [0.1, 0.15) is 23.2 Å². The van der Waals surface area contributed by atoms with Crippen molar-refractivity contribution < 1.29 is 18.3 Å². The zero-order valence-electron chi connectivity index (χ0n) is 14.7. The summed E-state index contributed by atoms with van der Waals surface area (Å²) in [5.74, 6) is 0.813. The van der Waals surface area contributed by atoms with Crippen LogP contribution in [0.2, 0.25) is 0 Å². The van der Waals surface area contributed by atoms with Gasteiger partial charge in [-0.25, -0.2) is 4.39 Å². The van der Waals surface area contributed by atoms with Gasteiger partial charge in [-0.1, -0.05) is 19.1 Å². The highest BCUT2D eigenvalue weighted by atomic mass is 19.1. The van der Waals surface area contributed by atoms with Crippen LogP contribution in [0.4, 0.5) is 4.39 Å². The summed E-state index contributed by atoms with van der Waals surface area (Å²) in [5.41, 5.74) is 0. The maximum Gasteiger partial charge on any atom is 0.289 e. The second-order valence-corrected chi connectivity index (χ2v) is 6.70. The highest BCUT2D eigenvalue weighted by Gasteiger charge is 2.34. The van der Waals surface area contributed by atoms with E-state index in [2.05, 4.69) is 11.8 Å². The minimum absolute atomic E-state index is 0.0743. The number of amides is 1. The Morgan fingerprint density at radius 3 is 2.72 bits per heavy atom. The van der Waals surface area contributed by atoms with Crippen LogP contribution in [-0.2, 0) is 6.61 Å². The minimum atomic E-state index is -0.425. The van der Waals surface area contributed by atoms with E-state index in [1.165, 1.54) is 6.07 Å². The van der Waals surface area contributed by atoms with Crippen LogP contribution < -0.4 is 4.74 Å². The highest BCUT2D eigenvalue weighted by molar-refractivity contribution is 5.91. The number of hydrogen-bond acceptors (Lipinski definition) is 4. The van der Waals surface area contributed by atoms with Crippen molar-refractivity contribution in [2.75, 3.05) is 27.2 Å². The lowest BCUT2D eigenvalue weighted by molar-refractivity contribution is 0.0745. The van der Waals surface area contributed by atoms with Crippen LogP contribution in [0.15, 0.2) is 40.8 Å². The molecule has 1 amide bonds. The Balaban J connectivity index is 1.61. The number of benzene rings is 1. The third kappa shape index (κ3) is 3.85. The molecule has 2 aromatic rings. The summed E-state index contributed by atoms with van der Waals surface area (Å²) in [6, 6.07) is 9.88. The maximum atomic E-state index is 13.5. The molecule has 6 heteroatoms. The lowest BCUT2D eigenvalue weighted by Crippen LogP contribution is -2.35.